The van der Waals surface area contributed by atoms with Crippen molar-refractivity contribution in [2.24, 2.45) is 0 Å². The minimum atomic E-state index is -0.679. The number of nitro groups is 1. The number of pyridine rings is 1. The molecule has 0 aliphatic rings. The van der Waals surface area contributed by atoms with Crippen molar-refractivity contribution in [3.8, 4) is 5.75 Å². The molecule has 2 rings (SSSR count). The molecule has 1 aromatic heterocycles. The monoisotopic (exact) mass is 282 g/mol. The maximum atomic E-state index is 13.2. The summed E-state index contributed by atoms with van der Waals surface area (Å²) in [6, 6.07) is 6.43. The van der Waals surface area contributed by atoms with E-state index < -0.39 is 10.7 Å². The smallest absolute Gasteiger partial charge is 0.272 e. The fourth-order valence-electron chi connectivity index (χ4n) is 1.44. The highest BCUT2D eigenvalue weighted by atomic mass is 35.5. The lowest BCUT2D eigenvalue weighted by atomic mass is 10.2. The Hall–Kier alpha value is -2.21. The first-order valence-electron chi connectivity index (χ1n) is 5.23. The van der Waals surface area contributed by atoms with E-state index in [-0.39, 0.29) is 12.3 Å². The number of halogens is 2. The number of hydrogen-bond acceptors (Lipinski definition) is 4. The molecule has 0 spiro atoms. The number of rotatable bonds is 4. The van der Waals surface area contributed by atoms with E-state index >= 15 is 0 Å². The highest BCUT2D eigenvalue weighted by Crippen LogP contribution is 2.19. The van der Waals surface area contributed by atoms with Crippen molar-refractivity contribution in [3.05, 3.63) is 63.2 Å². The summed E-state index contributed by atoms with van der Waals surface area (Å²) >= 11 is 5.61. The molecule has 5 nitrogen and oxygen atoms in total. The van der Waals surface area contributed by atoms with Crippen molar-refractivity contribution in [2.45, 2.75) is 6.61 Å². The number of non-ortho nitro benzene ring substituents is 1. The Bertz CT molecular complexity index is 604. The van der Waals surface area contributed by atoms with Gasteiger partial charge in [-0.3, -0.25) is 10.1 Å². The zero-order valence-electron chi connectivity index (χ0n) is 9.55. The summed E-state index contributed by atoms with van der Waals surface area (Å²) in [5.41, 5.74) is 0.0504. The fraction of sp³-hybridized carbons (Fsp3) is 0.0833. The third kappa shape index (κ3) is 3.62. The molecule has 2 aromatic rings. The van der Waals surface area contributed by atoms with Crippen LogP contribution in [-0.4, -0.2) is 9.91 Å². The normalized spacial score (nSPS) is 10.2. The molecule has 19 heavy (non-hydrogen) atoms. The first-order valence-corrected chi connectivity index (χ1v) is 5.60. The van der Waals surface area contributed by atoms with Gasteiger partial charge in [0.05, 0.1) is 17.2 Å². The van der Waals surface area contributed by atoms with Gasteiger partial charge in [-0.05, 0) is 23.8 Å². The summed E-state index contributed by atoms with van der Waals surface area (Å²) in [5, 5.41) is 10.9. The van der Waals surface area contributed by atoms with Crippen molar-refractivity contribution in [1.29, 1.82) is 0 Å². The molecule has 0 bridgehead atoms. The Kier molecular flexibility index (Phi) is 3.91. The molecule has 1 heterocycles. The number of nitrogens with zero attached hydrogens (tertiary/aromatic N) is 2. The van der Waals surface area contributed by atoms with Crippen LogP contribution in [0.5, 0.6) is 5.75 Å². The maximum Gasteiger partial charge on any atom is 0.272 e. The largest absolute Gasteiger partial charge is 0.487 e. The lowest BCUT2D eigenvalue weighted by Crippen LogP contribution is -1.98. The number of aromatic nitrogens is 1. The predicted octanol–water partition coefficient (Wildman–Crippen LogP) is 3.36. The Morgan fingerprint density at radius 2 is 2.16 bits per heavy atom. The fourth-order valence-corrected chi connectivity index (χ4v) is 1.55. The summed E-state index contributed by atoms with van der Waals surface area (Å²) in [4.78, 5) is 13.7. The van der Waals surface area contributed by atoms with Crippen molar-refractivity contribution < 1.29 is 14.1 Å². The van der Waals surface area contributed by atoms with Crippen LogP contribution in [0.2, 0.25) is 5.15 Å². The zero-order chi connectivity index (χ0) is 13.8. The molecule has 0 aliphatic carbocycles. The van der Waals surface area contributed by atoms with E-state index in [9.17, 15) is 14.5 Å². The molecular formula is C12H8ClFN2O3. The van der Waals surface area contributed by atoms with E-state index in [1.807, 2.05) is 0 Å². The standard InChI is InChI=1S/C12H8ClFN2O3/c13-12-2-1-11(6-15-12)19-7-8-3-9(14)5-10(4-8)16(17)18/h1-6H,7H2. The number of ether oxygens (including phenoxy) is 1. The molecule has 7 heteroatoms. The number of hydrogen-bond donors (Lipinski definition) is 0. The second-order valence-electron chi connectivity index (χ2n) is 3.68. The van der Waals surface area contributed by atoms with Crippen LogP contribution in [0.25, 0.3) is 0 Å². The molecule has 0 amide bonds. The molecule has 0 fully saturated rings. The zero-order valence-corrected chi connectivity index (χ0v) is 10.3. The Morgan fingerprint density at radius 3 is 2.79 bits per heavy atom. The van der Waals surface area contributed by atoms with Crippen LogP contribution in [0.4, 0.5) is 10.1 Å². The number of benzene rings is 1. The van der Waals surface area contributed by atoms with Gasteiger partial charge in [-0.15, -0.1) is 0 Å². The third-order valence-corrected chi connectivity index (χ3v) is 2.48. The molecule has 0 N–H and O–H groups in total. The van der Waals surface area contributed by atoms with E-state index in [1.165, 1.54) is 18.3 Å². The van der Waals surface area contributed by atoms with Gasteiger partial charge in [0, 0.05) is 6.07 Å². The molecule has 0 saturated carbocycles. The summed E-state index contributed by atoms with van der Waals surface area (Å²) in [7, 11) is 0. The second-order valence-corrected chi connectivity index (χ2v) is 4.07. The van der Waals surface area contributed by atoms with E-state index in [0.29, 0.717) is 16.5 Å². The SMILES string of the molecule is O=[N+]([O-])c1cc(F)cc(COc2ccc(Cl)nc2)c1. The van der Waals surface area contributed by atoms with Gasteiger partial charge in [-0.2, -0.15) is 0 Å². The second kappa shape index (κ2) is 5.62. The quantitative estimate of drug-likeness (QED) is 0.490. The van der Waals surface area contributed by atoms with Gasteiger partial charge in [-0.1, -0.05) is 11.6 Å². The minimum absolute atomic E-state index is 0.00190. The van der Waals surface area contributed by atoms with E-state index in [0.717, 1.165) is 6.07 Å². The van der Waals surface area contributed by atoms with Crippen molar-refractivity contribution in [3.63, 3.8) is 0 Å². The van der Waals surface area contributed by atoms with Crippen LogP contribution in [0.3, 0.4) is 0 Å². The van der Waals surface area contributed by atoms with Gasteiger partial charge < -0.3 is 4.74 Å². The molecule has 98 valence electrons. The van der Waals surface area contributed by atoms with Crippen molar-refractivity contribution in [1.82, 2.24) is 4.98 Å². The minimum Gasteiger partial charge on any atom is -0.487 e. The topological polar surface area (TPSA) is 65.3 Å². The predicted molar refractivity (Wildman–Crippen MR) is 66.6 cm³/mol. The first-order chi connectivity index (χ1) is 9.04. The van der Waals surface area contributed by atoms with Crippen LogP contribution in [-0.2, 0) is 6.61 Å². The van der Waals surface area contributed by atoms with E-state index in [4.69, 9.17) is 16.3 Å². The highest BCUT2D eigenvalue weighted by Gasteiger charge is 2.10. The van der Waals surface area contributed by atoms with Crippen LogP contribution in [0.15, 0.2) is 36.5 Å². The van der Waals surface area contributed by atoms with Crippen LogP contribution < -0.4 is 4.74 Å². The summed E-state index contributed by atoms with van der Waals surface area (Å²) in [6.07, 6.45) is 1.41. The van der Waals surface area contributed by atoms with Crippen molar-refractivity contribution >= 4 is 17.3 Å². The van der Waals surface area contributed by atoms with Gasteiger partial charge in [0.15, 0.2) is 0 Å². The maximum absolute atomic E-state index is 13.2. The number of nitro benzene ring substituents is 1. The van der Waals surface area contributed by atoms with Crippen LogP contribution in [0.1, 0.15) is 5.56 Å². The average Bonchev–Trinajstić information content (AvgIpc) is 2.37. The molecule has 0 aliphatic heterocycles. The summed E-state index contributed by atoms with van der Waals surface area (Å²) in [5.74, 6) is -0.238. The highest BCUT2D eigenvalue weighted by molar-refractivity contribution is 6.29. The lowest BCUT2D eigenvalue weighted by Gasteiger charge is -2.06. The lowest BCUT2D eigenvalue weighted by molar-refractivity contribution is -0.385. The van der Waals surface area contributed by atoms with Gasteiger partial charge in [0.2, 0.25) is 0 Å². The van der Waals surface area contributed by atoms with Gasteiger partial charge in [-0.25, -0.2) is 9.37 Å². The van der Waals surface area contributed by atoms with Crippen molar-refractivity contribution in [2.75, 3.05) is 0 Å². The molecule has 0 unspecified atom stereocenters. The van der Waals surface area contributed by atoms with E-state index in [1.54, 1.807) is 12.1 Å². The van der Waals surface area contributed by atoms with E-state index in [2.05, 4.69) is 4.98 Å². The molecular weight excluding hydrogens is 275 g/mol. The molecule has 1 aromatic carbocycles. The third-order valence-electron chi connectivity index (χ3n) is 2.26. The Labute approximate surface area is 112 Å². The van der Waals surface area contributed by atoms with Crippen LogP contribution in [0, 0.1) is 15.9 Å². The Morgan fingerprint density at radius 1 is 1.37 bits per heavy atom. The van der Waals surface area contributed by atoms with Gasteiger partial charge in [0.25, 0.3) is 5.69 Å². The first kappa shape index (κ1) is 13.2. The molecule has 0 saturated heterocycles. The summed E-state index contributed by atoms with van der Waals surface area (Å²) < 4.78 is 18.5. The van der Waals surface area contributed by atoms with Crippen LogP contribution >= 0.6 is 11.6 Å². The average molecular weight is 283 g/mol. The van der Waals surface area contributed by atoms with Gasteiger partial charge in [0.1, 0.15) is 23.3 Å². The van der Waals surface area contributed by atoms with Gasteiger partial charge >= 0.3 is 0 Å². The Balaban J connectivity index is 2.11. The molecule has 0 radical (unpaired) electrons. The molecule has 0 atom stereocenters. The summed E-state index contributed by atoms with van der Waals surface area (Å²) in [6.45, 7) is 0.00190.